The van der Waals surface area contributed by atoms with E-state index in [4.69, 9.17) is 10.6 Å². The summed E-state index contributed by atoms with van der Waals surface area (Å²) in [4.78, 5) is 0. The van der Waals surface area contributed by atoms with Crippen LogP contribution in [0.5, 0.6) is 5.75 Å². The molecular formula is C15H15BrF2N2O. The van der Waals surface area contributed by atoms with Crippen molar-refractivity contribution in [1.82, 2.24) is 5.43 Å². The van der Waals surface area contributed by atoms with Crippen molar-refractivity contribution in [3.8, 4) is 5.75 Å². The second-order valence-electron chi connectivity index (χ2n) is 4.53. The largest absolute Gasteiger partial charge is 0.496 e. The van der Waals surface area contributed by atoms with Crippen LogP contribution >= 0.6 is 15.9 Å². The van der Waals surface area contributed by atoms with Gasteiger partial charge in [0.2, 0.25) is 0 Å². The van der Waals surface area contributed by atoms with Gasteiger partial charge in [-0.25, -0.2) is 8.78 Å². The molecule has 0 saturated carbocycles. The third kappa shape index (κ3) is 3.58. The quantitative estimate of drug-likeness (QED) is 0.636. The van der Waals surface area contributed by atoms with E-state index in [9.17, 15) is 8.78 Å². The average molecular weight is 357 g/mol. The summed E-state index contributed by atoms with van der Waals surface area (Å²) in [6, 6.07) is 8.54. The smallest absolute Gasteiger partial charge is 0.133 e. The Hall–Kier alpha value is -1.50. The highest BCUT2D eigenvalue weighted by molar-refractivity contribution is 9.10. The van der Waals surface area contributed by atoms with E-state index in [-0.39, 0.29) is 5.56 Å². The number of halogens is 3. The first-order valence-corrected chi connectivity index (χ1v) is 7.08. The van der Waals surface area contributed by atoms with Crippen molar-refractivity contribution >= 4 is 15.9 Å². The van der Waals surface area contributed by atoms with Gasteiger partial charge >= 0.3 is 0 Å². The minimum atomic E-state index is -0.661. The lowest BCUT2D eigenvalue weighted by Gasteiger charge is -2.18. The predicted octanol–water partition coefficient (Wildman–Crippen LogP) is 3.48. The summed E-state index contributed by atoms with van der Waals surface area (Å²) in [6.45, 7) is 0. The van der Waals surface area contributed by atoms with Crippen LogP contribution in [-0.2, 0) is 6.42 Å². The molecule has 2 aromatic rings. The van der Waals surface area contributed by atoms with E-state index in [0.29, 0.717) is 12.2 Å². The summed E-state index contributed by atoms with van der Waals surface area (Å²) < 4.78 is 33.6. The molecule has 0 aliphatic heterocycles. The molecule has 2 aromatic carbocycles. The number of ether oxygens (including phenoxy) is 1. The third-order valence-corrected chi connectivity index (χ3v) is 3.83. The van der Waals surface area contributed by atoms with Crippen LogP contribution in [0.1, 0.15) is 17.2 Å². The molecule has 112 valence electrons. The zero-order chi connectivity index (χ0) is 15.4. The maximum Gasteiger partial charge on any atom is 0.133 e. The summed E-state index contributed by atoms with van der Waals surface area (Å²) in [5, 5.41) is 0. The van der Waals surface area contributed by atoms with Gasteiger partial charge in [-0.2, -0.15) is 0 Å². The Bertz CT molecular complexity index is 617. The Balaban J connectivity index is 2.29. The topological polar surface area (TPSA) is 47.3 Å². The van der Waals surface area contributed by atoms with Crippen LogP contribution in [0.2, 0.25) is 0 Å². The number of benzene rings is 2. The van der Waals surface area contributed by atoms with Gasteiger partial charge in [0.05, 0.1) is 17.6 Å². The summed E-state index contributed by atoms with van der Waals surface area (Å²) in [5.74, 6) is 4.91. The highest BCUT2D eigenvalue weighted by Crippen LogP contribution is 2.29. The number of nitrogens with two attached hydrogens (primary N) is 1. The minimum absolute atomic E-state index is 0.0630. The molecular weight excluding hydrogens is 342 g/mol. The number of hydrogen-bond acceptors (Lipinski definition) is 3. The van der Waals surface area contributed by atoms with E-state index in [2.05, 4.69) is 21.4 Å². The van der Waals surface area contributed by atoms with Crippen LogP contribution in [0.15, 0.2) is 40.9 Å². The van der Waals surface area contributed by atoms with Gasteiger partial charge in [-0.15, -0.1) is 0 Å². The number of hydrazine groups is 1. The Labute approximate surface area is 130 Å². The summed E-state index contributed by atoms with van der Waals surface area (Å²) in [5.41, 5.74) is 3.28. The lowest BCUT2D eigenvalue weighted by atomic mass is 9.98. The van der Waals surface area contributed by atoms with Gasteiger partial charge in [-0.05, 0) is 52.2 Å². The van der Waals surface area contributed by atoms with Crippen LogP contribution < -0.4 is 16.0 Å². The molecule has 0 aliphatic carbocycles. The van der Waals surface area contributed by atoms with Crippen molar-refractivity contribution in [1.29, 1.82) is 0 Å². The van der Waals surface area contributed by atoms with E-state index < -0.39 is 17.7 Å². The molecule has 3 nitrogen and oxygen atoms in total. The number of methoxy groups -OCH3 is 1. The Morgan fingerprint density at radius 2 is 1.90 bits per heavy atom. The maximum atomic E-state index is 13.8. The van der Waals surface area contributed by atoms with Crippen LogP contribution in [0.4, 0.5) is 8.78 Å². The Morgan fingerprint density at radius 3 is 2.43 bits per heavy atom. The molecule has 0 radical (unpaired) electrons. The maximum absolute atomic E-state index is 13.8. The molecule has 0 fully saturated rings. The van der Waals surface area contributed by atoms with Crippen molar-refractivity contribution < 1.29 is 13.5 Å². The van der Waals surface area contributed by atoms with E-state index in [1.165, 1.54) is 18.2 Å². The predicted molar refractivity (Wildman–Crippen MR) is 80.8 cm³/mol. The molecule has 0 bridgehead atoms. The molecule has 3 N–H and O–H groups in total. The summed E-state index contributed by atoms with van der Waals surface area (Å²) in [6.07, 6.45) is 0.344. The molecule has 0 spiro atoms. The van der Waals surface area contributed by atoms with Gasteiger partial charge in [0.1, 0.15) is 17.4 Å². The van der Waals surface area contributed by atoms with Gasteiger partial charge in [-0.1, -0.05) is 12.1 Å². The second kappa shape index (κ2) is 6.98. The van der Waals surface area contributed by atoms with Gasteiger partial charge in [0.25, 0.3) is 0 Å². The molecule has 0 saturated heterocycles. The van der Waals surface area contributed by atoms with Crippen molar-refractivity contribution in [3.05, 3.63) is 63.6 Å². The Morgan fingerprint density at radius 1 is 1.24 bits per heavy atom. The monoisotopic (exact) mass is 356 g/mol. The summed E-state index contributed by atoms with van der Waals surface area (Å²) in [7, 11) is 1.57. The lowest BCUT2D eigenvalue weighted by molar-refractivity contribution is 0.411. The second-order valence-corrected chi connectivity index (χ2v) is 5.38. The SMILES string of the molecule is COc1ccc(CC(NN)c2c(F)cccc2F)cc1Br. The van der Waals surface area contributed by atoms with E-state index in [1.54, 1.807) is 13.2 Å². The zero-order valence-corrected chi connectivity index (χ0v) is 13.0. The first-order valence-electron chi connectivity index (χ1n) is 6.29. The lowest BCUT2D eigenvalue weighted by Crippen LogP contribution is -2.31. The average Bonchev–Trinajstić information content (AvgIpc) is 2.46. The van der Waals surface area contributed by atoms with Crippen LogP contribution in [0.3, 0.4) is 0 Å². The molecule has 2 rings (SSSR count). The first kappa shape index (κ1) is 15.9. The molecule has 0 aliphatic rings. The summed E-state index contributed by atoms with van der Waals surface area (Å²) >= 11 is 3.38. The molecule has 21 heavy (non-hydrogen) atoms. The van der Waals surface area contributed by atoms with Crippen molar-refractivity contribution in [2.24, 2.45) is 5.84 Å². The van der Waals surface area contributed by atoms with Gasteiger partial charge in [0.15, 0.2) is 0 Å². The fourth-order valence-electron chi connectivity index (χ4n) is 2.16. The standard InChI is InChI=1S/C15H15BrF2N2O/c1-21-14-6-5-9(7-10(14)16)8-13(20-19)15-11(17)3-2-4-12(15)18/h2-7,13,20H,8,19H2,1H3. The van der Waals surface area contributed by atoms with E-state index >= 15 is 0 Å². The van der Waals surface area contributed by atoms with Gasteiger partial charge in [-0.3, -0.25) is 11.3 Å². The Kier molecular flexibility index (Phi) is 5.27. The van der Waals surface area contributed by atoms with Crippen LogP contribution in [0, 0.1) is 11.6 Å². The number of nitrogens with one attached hydrogen (secondary N) is 1. The third-order valence-electron chi connectivity index (χ3n) is 3.21. The van der Waals surface area contributed by atoms with Gasteiger partial charge in [0, 0.05) is 5.56 Å². The van der Waals surface area contributed by atoms with E-state index in [0.717, 1.165) is 10.0 Å². The molecule has 0 aromatic heterocycles. The highest BCUT2D eigenvalue weighted by Gasteiger charge is 2.19. The molecule has 0 heterocycles. The fraction of sp³-hybridized carbons (Fsp3) is 0.200. The first-order chi connectivity index (χ1) is 10.1. The minimum Gasteiger partial charge on any atom is -0.496 e. The number of hydrogen-bond donors (Lipinski definition) is 2. The normalized spacial score (nSPS) is 12.2. The van der Waals surface area contributed by atoms with Crippen molar-refractivity contribution in [3.63, 3.8) is 0 Å². The number of rotatable bonds is 5. The van der Waals surface area contributed by atoms with Crippen LogP contribution in [0.25, 0.3) is 0 Å². The molecule has 0 amide bonds. The van der Waals surface area contributed by atoms with Crippen LogP contribution in [-0.4, -0.2) is 7.11 Å². The van der Waals surface area contributed by atoms with E-state index in [1.807, 2.05) is 12.1 Å². The van der Waals surface area contributed by atoms with Crippen molar-refractivity contribution in [2.45, 2.75) is 12.5 Å². The molecule has 6 heteroatoms. The highest BCUT2D eigenvalue weighted by atomic mass is 79.9. The zero-order valence-electron chi connectivity index (χ0n) is 11.4. The van der Waals surface area contributed by atoms with Gasteiger partial charge < -0.3 is 4.74 Å². The molecule has 1 atom stereocenters. The fourth-order valence-corrected chi connectivity index (χ4v) is 2.75. The molecule has 1 unspecified atom stereocenters. The van der Waals surface area contributed by atoms with Crippen molar-refractivity contribution in [2.75, 3.05) is 7.11 Å².